The third-order valence-corrected chi connectivity index (χ3v) is 26.0. The predicted molar refractivity (Wildman–Crippen MR) is 482 cm³/mol. The van der Waals surface area contributed by atoms with E-state index in [-0.39, 0.29) is 150 Å². The van der Waals surface area contributed by atoms with E-state index in [1.807, 2.05) is 65.0 Å². The van der Waals surface area contributed by atoms with Gasteiger partial charge in [0.25, 0.3) is 20.2 Å². The molecule has 4 heterocycles. The Balaban J connectivity index is 1.06. The molecule has 4 aliphatic heterocycles. The molecule has 46 heteroatoms. The summed E-state index contributed by atoms with van der Waals surface area (Å²) in [7, 11) is -7.17. The Kier molecular flexibility index (Phi) is 42.8. The summed E-state index contributed by atoms with van der Waals surface area (Å²) in [6, 6.07) is 6.36. The number of benzene rings is 3. The van der Waals surface area contributed by atoms with Crippen molar-refractivity contribution in [1.82, 2.24) is 63.8 Å². The lowest BCUT2D eigenvalue weighted by atomic mass is 9.81. The fourth-order valence-corrected chi connectivity index (χ4v) is 18.5. The summed E-state index contributed by atoms with van der Waals surface area (Å²) in [6.45, 7) is 10.0. The number of nitrogens with two attached hydrogens (primary N) is 2. The van der Waals surface area contributed by atoms with Crippen LogP contribution in [0.5, 0.6) is 0 Å². The molecule has 0 aromatic heterocycles. The number of carbonyl (C=O) groups excluding carboxylic acids is 12. The predicted octanol–water partition coefficient (Wildman–Crippen LogP) is -0.367. The monoisotopic (exact) mass is 1900 g/mol. The number of unbranched alkanes of at least 4 members (excludes halogenated alkanes) is 3. The van der Waals surface area contributed by atoms with Gasteiger partial charge in [0, 0.05) is 104 Å². The lowest BCUT2D eigenvalue weighted by Gasteiger charge is -2.27. The highest BCUT2D eigenvalue weighted by molar-refractivity contribution is 8.76. The second-order valence-electron chi connectivity index (χ2n) is 31.3. The maximum absolute atomic E-state index is 14.9. The van der Waals surface area contributed by atoms with Crippen molar-refractivity contribution in [1.29, 1.82) is 5.41 Å². The highest BCUT2D eigenvalue weighted by Gasteiger charge is 2.46. The van der Waals surface area contributed by atoms with Crippen molar-refractivity contribution in [3.8, 4) is 0 Å². The third-order valence-electron chi connectivity index (χ3n) is 20.8. The van der Waals surface area contributed by atoms with Crippen LogP contribution in [0.1, 0.15) is 116 Å². The minimum absolute atomic E-state index is 0.0213. The second-order valence-corrected chi connectivity index (χ2v) is 37.8. The van der Waals surface area contributed by atoms with Gasteiger partial charge in [0.15, 0.2) is 11.7 Å². The van der Waals surface area contributed by atoms with Gasteiger partial charge >= 0.3 is 5.97 Å². The molecule has 2 bridgehead atoms. The molecule has 3 aromatic rings. The molecule has 7 rings (SSSR count). The van der Waals surface area contributed by atoms with Gasteiger partial charge in [0.2, 0.25) is 76.6 Å². The number of nitrogens with one attached hydrogen (secondary N) is 13. The number of carboxylic acid groups (broad SMARTS) is 1. The van der Waals surface area contributed by atoms with E-state index in [1.54, 1.807) is 42.5 Å². The summed E-state index contributed by atoms with van der Waals surface area (Å²) in [5.41, 5.74) is 14.3. The highest BCUT2D eigenvalue weighted by Crippen LogP contribution is 2.48. The molecule has 0 unspecified atom stereocenters. The number of anilines is 1. The molecule has 2 saturated heterocycles. The van der Waals surface area contributed by atoms with Crippen molar-refractivity contribution in [3.63, 3.8) is 0 Å². The highest BCUT2D eigenvalue weighted by atomic mass is 33.1. The molecule has 20 N–H and O–H groups in total. The zero-order valence-electron chi connectivity index (χ0n) is 72.5. The maximum atomic E-state index is 14.9. The van der Waals surface area contributed by atoms with E-state index >= 15 is 0 Å². The van der Waals surface area contributed by atoms with E-state index < -0.39 is 176 Å². The molecule has 0 spiro atoms. The largest absolute Gasteiger partial charge is 0.481 e. The average molecular weight is 1900 g/mol. The van der Waals surface area contributed by atoms with Gasteiger partial charge in [0.1, 0.15) is 62.1 Å². The van der Waals surface area contributed by atoms with Crippen LogP contribution in [0.2, 0.25) is 0 Å². The lowest BCUT2D eigenvalue weighted by Crippen LogP contribution is -2.60. The first-order valence-corrected chi connectivity index (χ1v) is 48.5. The van der Waals surface area contributed by atoms with E-state index in [0.29, 0.717) is 43.5 Å². The van der Waals surface area contributed by atoms with Crippen LogP contribution in [-0.2, 0) is 119 Å². The van der Waals surface area contributed by atoms with Crippen molar-refractivity contribution in [3.05, 3.63) is 119 Å². The van der Waals surface area contributed by atoms with Crippen molar-refractivity contribution in [2.24, 2.45) is 11.5 Å². The Morgan fingerprint density at radius 3 is 1.81 bits per heavy atom. The zero-order valence-corrected chi connectivity index (χ0v) is 76.6. The fraction of sp³-hybridized carbons (Fsp3) is 0.530. The maximum Gasteiger partial charge on any atom is 0.305 e. The first kappa shape index (κ1) is 105. The zero-order chi connectivity index (χ0) is 94.4. The SMILES string of the molecule is CCN1C(=CC=CC=CC2=[N+](CCCCCC(=O)NCCCC[C@@H]3NC(=O)CSC[C@@H](C(=O)NCCOCCOCCOCCNC(=O)COCC(N)=O)NC(=O)[C@H](CCCNC(=N)N)NC(=O)[C@@H]4CSSC[C@H](NC3=O)C(=O)NCC(=O)N[C@@H](CC(=O)O)C(=O)N[C@@H](Cc3ccccc3)C(=O)N4)c3ccc(S(=O)(=O)O)cc3C2(C)C)C(C)(C)c2cc(S(=O)(=O)O)ccc21. The molecule has 3 aromatic carbocycles. The van der Waals surface area contributed by atoms with Gasteiger partial charge in [-0.05, 0) is 113 Å². The second kappa shape index (κ2) is 52.3. The molecule has 0 aliphatic carbocycles. The van der Waals surface area contributed by atoms with Gasteiger partial charge in [-0.1, -0.05) is 84.0 Å². The van der Waals surface area contributed by atoms with Crippen LogP contribution >= 0.6 is 33.3 Å². The number of aliphatic carboxylic acids is 1. The van der Waals surface area contributed by atoms with Gasteiger partial charge in [-0.25, -0.2) is 0 Å². The van der Waals surface area contributed by atoms with Crippen LogP contribution in [0.15, 0.2) is 113 Å². The van der Waals surface area contributed by atoms with Crippen molar-refractivity contribution >= 4 is 153 Å². The number of amides is 12. The molecular formula is C83H118N17O24S5+. The van der Waals surface area contributed by atoms with E-state index in [1.165, 1.54) is 24.3 Å². The van der Waals surface area contributed by atoms with Crippen molar-refractivity contribution in [2.75, 3.05) is 127 Å². The number of likely N-dealkylation sites (N-methyl/N-ethyl adjacent to an activating group) is 1. The number of rotatable bonds is 42. The number of hydrogen-bond donors (Lipinski definition) is 18. The van der Waals surface area contributed by atoms with Crippen LogP contribution < -0.4 is 80.2 Å². The van der Waals surface area contributed by atoms with Gasteiger partial charge in [-0.15, -0.1) is 11.8 Å². The number of fused-ring (bicyclic) bond motifs is 7. The minimum atomic E-state index is -4.57. The van der Waals surface area contributed by atoms with Crippen molar-refractivity contribution < 1.29 is 117 Å². The van der Waals surface area contributed by atoms with Crippen LogP contribution in [0.4, 0.5) is 11.4 Å². The molecule has 129 heavy (non-hydrogen) atoms. The lowest BCUT2D eigenvalue weighted by molar-refractivity contribution is -0.438. The summed E-state index contributed by atoms with van der Waals surface area (Å²) in [5.74, 6) is -13.2. The quantitative estimate of drug-likeness (QED) is 0.00654. The summed E-state index contributed by atoms with van der Waals surface area (Å²) in [5, 5.41) is 49.1. The molecule has 7 atom stereocenters. The Hall–Kier alpha value is -10.6. The molecule has 0 radical (unpaired) electrons. The number of hydrogen-bond acceptors (Lipinski definition) is 26. The van der Waals surface area contributed by atoms with Crippen LogP contribution in [0.3, 0.4) is 0 Å². The molecule has 4 aliphatic rings. The number of ether oxygens (including phenoxy) is 4. The Bertz CT molecular complexity index is 4850. The Morgan fingerprint density at radius 2 is 1.16 bits per heavy atom. The van der Waals surface area contributed by atoms with Crippen LogP contribution in [-0.4, -0.2) is 288 Å². The number of carboxylic acids is 1. The Morgan fingerprint density at radius 1 is 0.581 bits per heavy atom. The number of guanidine groups is 1. The number of carbonyl (C=O) groups is 13. The van der Waals surface area contributed by atoms with Crippen molar-refractivity contribution in [2.45, 2.75) is 168 Å². The number of allylic oxidation sites excluding steroid dienone is 6. The Labute approximate surface area is 760 Å². The molecule has 41 nitrogen and oxygen atoms in total. The van der Waals surface area contributed by atoms with E-state index in [4.69, 9.17) is 35.8 Å². The summed E-state index contributed by atoms with van der Waals surface area (Å²) in [4.78, 5) is 180. The van der Waals surface area contributed by atoms with Gasteiger partial charge in [-0.2, -0.15) is 21.4 Å². The summed E-state index contributed by atoms with van der Waals surface area (Å²) < 4.78 is 92.6. The summed E-state index contributed by atoms with van der Waals surface area (Å²) >= 11 is 0.871. The topological polar surface area (TPSA) is 614 Å². The molecule has 12 amide bonds. The van der Waals surface area contributed by atoms with Gasteiger partial charge < -0.3 is 104 Å². The summed E-state index contributed by atoms with van der Waals surface area (Å²) in [6.07, 6.45) is 10.2. The minimum Gasteiger partial charge on any atom is -0.481 e. The average Bonchev–Trinajstić information content (AvgIpc) is 1.59. The number of thioether (sulfide) groups is 1. The molecule has 0 saturated carbocycles. The van der Waals surface area contributed by atoms with E-state index in [9.17, 15) is 93.4 Å². The van der Waals surface area contributed by atoms with E-state index in [0.717, 1.165) is 61.7 Å². The smallest absolute Gasteiger partial charge is 0.305 e. The van der Waals surface area contributed by atoms with Gasteiger partial charge in [-0.3, -0.25) is 76.8 Å². The first-order chi connectivity index (χ1) is 61.3. The molecule has 2 fully saturated rings. The van der Waals surface area contributed by atoms with Crippen LogP contribution in [0, 0.1) is 5.41 Å². The standard InChI is InChI=1S/C83H117N17O24S5/c1-6-99-64-28-26-53(128(115,116)117)42-55(64)82(2,3)66(99)23-12-8-13-24-67-83(4,5)56-43-54(129(118,119)120)27-29-65(56)100(67)34-17-9-14-25-69(102)87-30-16-15-21-57-76(110)97-62-49-126-127-50-63(98-78(112)59(41-52-19-10-7-11-20-52)95-79(113)60(44-73(106)107)93-70(103)45-91-75(62)109)80(114)94-58(22-18-31-90-81(85)86)77(111)96-61(48-125-51-72(105)92-57)74(108)89-33-36-122-38-40-123-39-37-121-35-32-88-71(104)47-124-46-68(84)101/h7-8,10-13,19-20,23-24,26-29,42-43,57-63H,6,9,14-18,21-22,25,30-41,44-51H2,1-5H3,(H19-,84,85,86,87,88,89,90,91,92,93,94,95,96,97,98,101,102,103,104,105,106,107,108,109,110,111,112,113,114,115,116,117,118,119,120)/p+1/t57-,58-,59-,60-,61-,62-,63-/m0/s1. The third kappa shape index (κ3) is 34.7. The number of primary amides is 1. The first-order valence-electron chi connectivity index (χ1n) is 41.9. The number of nitrogens with zero attached hydrogens (tertiary/aromatic N) is 2. The normalized spacial score (nSPS) is 20.8. The van der Waals surface area contributed by atoms with Crippen LogP contribution in [0.25, 0.3) is 0 Å². The molecule has 708 valence electrons. The van der Waals surface area contributed by atoms with Gasteiger partial charge in [0.05, 0.1) is 73.6 Å². The van der Waals surface area contributed by atoms with E-state index in [2.05, 4.69) is 73.3 Å². The fourth-order valence-electron chi connectivity index (χ4n) is 14.3. The molecular weight excluding hydrogens is 1780 g/mol.